The van der Waals surface area contributed by atoms with Crippen LogP contribution in [0.3, 0.4) is 0 Å². The summed E-state index contributed by atoms with van der Waals surface area (Å²) >= 11 is 0. The first kappa shape index (κ1) is 14.1. The van der Waals surface area contributed by atoms with Crippen LogP contribution in [0.4, 0.5) is 5.69 Å². The van der Waals surface area contributed by atoms with E-state index in [-0.39, 0.29) is 0 Å². The molecule has 4 nitrogen and oxygen atoms in total. The van der Waals surface area contributed by atoms with Crippen molar-refractivity contribution in [2.45, 2.75) is 6.92 Å². The van der Waals surface area contributed by atoms with Crippen LogP contribution in [-0.4, -0.2) is 21.3 Å². The van der Waals surface area contributed by atoms with E-state index in [4.69, 9.17) is 19.9 Å². The lowest BCUT2D eigenvalue weighted by atomic mass is 9.98. The normalized spacial score (nSPS) is 10.2. The largest absolute Gasteiger partial charge is 0.493 e. The van der Waals surface area contributed by atoms with Crippen LogP contribution in [0.15, 0.2) is 30.3 Å². The summed E-state index contributed by atoms with van der Waals surface area (Å²) in [6.07, 6.45) is 0. The molecule has 0 aliphatic rings. The maximum Gasteiger partial charge on any atom is 0.203 e. The van der Waals surface area contributed by atoms with Crippen LogP contribution in [0.2, 0.25) is 0 Å². The predicted molar refractivity (Wildman–Crippen MR) is 80.7 cm³/mol. The SMILES string of the molecule is COc1ccc(-c2ccc(N)cc2C)c(OC)c1OC. The molecule has 0 radical (unpaired) electrons. The molecule has 0 aromatic heterocycles. The number of nitrogen functional groups attached to an aromatic ring is 1. The Bertz CT molecular complexity index is 623. The Morgan fingerprint density at radius 2 is 1.45 bits per heavy atom. The number of methoxy groups -OCH3 is 3. The van der Waals surface area contributed by atoms with Crippen molar-refractivity contribution in [1.29, 1.82) is 0 Å². The van der Waals surface area contributed by atoms with Crippen molar-refractivity contribution in [2.75, 3.05) is 27.1 Å². The van der Waals surface area contributed by atoms with E-state index in [1.807, 2.05) is 37.3 Å². The molecule has 0 heterocycles. The van der Waals surface area contributed by atoms with Crippen molar-refractivity contribution in [1.82, 2.24) is 0 Å². The van der Waals surface area contributed by atoms with Crippen molar-refractivity contribution >= 4 is 5.69 Å². The van der Waals surface area contributed by atoms with Crippen molar-refractivity contribution in [3.8, 4) is 28.4 Å². The number of hydrogen-bond acceptors (Lipinski definition) is 4. The van der Waals surface area contributed by atoms with Crippen LogP contribution in [0, 0.1) is 6.92 Å². The Hall–Kier alpha value is -2.36. The van der Waals surface area contributed by atoms with Gasteiger partial charge in [-0.25, -0.2) is 0 Å². The first-order chi connectivity index (χ1) is 9.62. The average Bonchev–Trinajstić information content (AvgIpc) is 2.45. The highest BCUT2D eigenvalue weighted by Crippen LogP contribution is 2.45. The van der Waals surface area contributed by atoms with E-state index in [0.717, 1.165) is 22.4 Å². The fraction of sp³-hybridized carbons (Fsp3) is 0.250. The van der Waals surface area contributed by atoms with Gasteiger partial charge in [0.2, 0.25) is 5.75 Å². The van der Waals surface area contributed by atoms with Crippen molar-refractivity contribution in [2.24, 2.45) is 0 Å². The number of rotatable bonds is 4. The molecular formula is C16H19NO3. The van der Waals surface area contributed by atoms with E-state index >= 15 is 0 Å². The first-order valence-electron chi connectivity index (χ1n) is 6.27. The van der Waals surface area contributed by atoms with Gasteiger partial charge in [0, 0.05) is 11.3 Å². The summed E-state index contributed by atoms with van der Waals surface area (Å²) in [5, 5.41) is 0. The molecule has 2 N–H and O–H groups in total. The molecule has 0 aliphatic carbocycles. The third-order valence-electron chi connectivity index (χ3n) is 3.24. The highest BCUT2D eigenvalue weighted by Gasteiger charge is 2.17. The number of aryl methyl sites for hydroxylation is 1. The highest BCUT2D eigenvalue weighted by atomic mass is 16.5. The van der Waals surface area contributed by atoms with Crippen LogP contribution >= 0.6 is 0 Å². The molecule has 2 rings (SSSR count). The smallest absolute Gasteiger partial charge is 0.203 e. The summed E-state index contributed by atoms with van der Waals surface area (Å²) in [5.74, 6) is 1.88. The maximum absolute atomic E-state index is 5.80. The minimum Gasteiger partial charge on any atom is -0.493 e. The van der Waals surface area contributed by atoms with Crippen LogP contribution in [0.1, 0.15) is 5.56 Å². The van der Waals surface area contributed by atoms with E-state index in [2.05, 4.69) is 0 Å². The van der Waals surface area contributed by atoms with Gasteiger partial charge in [0.1, 0.15) is 0 Å². The summed E-state index contributed by atoms with van der Waals surface area (Å²) in [4.78, 5) is 0. The van der Waals surface area contributed by atoms with E-state index in [9.17, 15) is 0 Å². The van der Waals surface area contributed by atoms with Crippen molar-refractivity contribution in [3.05, 3.63) is 35.9 Å². The molecule has 0 atom stereocenters. The van der Waals surface area contributed by atoms with Gasteiger partial charge in [-0.05, 0) is 42.3 Å². The van der Waals surface area contributed by atoms with Crippen LogP contribution in [-0.2, 0) is 0 Å². The molecule has 106 valence electrons. The molecule has 0 saturated heterocycles. The zero-order valence-corrected chi connectivity index (χ0v) is 12.2. The van der Waals surface area contributed by atoms with Gasteiger partial charge in [0.25, 0.3) is 0 Å². The highest BCUT2D eigenvalue weighted by molar-refractivity contribution is 5.79. The minimum atomic E-state index is 0.587. The summed E-state index contributed by atoms with van der Waals surface area (Å²) in [7, 11) is 4.82. The first-order valence-corrected chi connectivity index (χ1v) is 6.27. The molecule has 0 aliphatic heterocycles. The number of nitrogens with two attached hydrogens (primary N) is 1. The van der Waals surface area contributed by atoms with E-state index in [1.165, 1.54) is 0 Å². The molecule has 0 bridgehead atoms. The zero-order chi connectivity index (χ0) is 14.7. The van der Waals surface area contributed by atoms with Gasteiger partial charge in [-0.2, -0.15) is 0 Å². The Labute approximate surface area is 119 Å². The van der Waals surface area contributed by atoms with Gasteiger partial charge < -0.3 is 19.9 Å². The zero-order valence-electron chi connectivity index (χ0n) is 12.2. The molecular weight excluding hydrogens is 254 g/mol. The Morgan fingerprint density at radius 3 is 2.00 bits per heavy atom. The lowest BCUT2D eigenvalue weighted by molar-refractivity contribution is 0.325. The summed E-state index contributed by atoms with van der Waals surface area (Å²) in [5.41, 5.74) is 9.62. The molecule has 0 unspecified atom stereocenters. The lowest BCUT2D eigenvalue weighted by Gasteiger charge is -2.17. The van der Waals surface area contributed by atoms with E-state index in [1.54, 1.807) is 21.3 Å². The Morgan fingerprint density at radius 1 is 0.800 bits per heavy atom. The quantitative estimate of drug-likeness (QED) is 0.869. The van der Waals surface area contributed by atoms with Crippen molar-refractivity contribution < 1.29 is 14.2 Å². The summed E-state index contributed by atoms with van der Waals surface area (Å²) in [6.45, 7) is 2.02. The maximum atomic E-state index is 5.80. The molecule has 4 heteroatoms. The van der Waals surface area contributed by atoms with Crippen LogP contribution < -0.4 is 19.9 Å². The summed E-state index contributed by atoms with van der Waals surface area (Å²) < 4.78 is 16.2. The van der Waals surface area contributed by atoms with Crippen LogP contribution in [0.25, 0.3) is 11.1 Å². The third-order valence-corrected chi connectivity index (χ3v) is 3.24. The van der Waals surface area contributed by atoms with Gasteiger partial charge in [0.15, 0.2) is 11.5 Å². The molecule has 20 heavy (non-hydrogen) atoms. The minimum absolute atomic E-state index is 0.587. The second kappa shape index (κ2) is 5.74. The standard InChI is InChI=1S/C16H19NO3/c1-10-9-11(17)5-6-12(10)13-7-8-14(18-2)16(20-4)15(13)19-3/h5-9H,17H2,1-4H3. The monoisotopic (exact) mass is 273 g/mol. The van der Waals surface area contributed by atoms with Gasteiger partial charge in [-0.1, -0.05) is 6.07 Å². The Kier molecular flexibility index (Phi) is 4.03. The van der Waals surface area contributed by atoms with E-state index in [0.29, 0.717) is 17.2 Å². The number of ether oxygens (including phenoxy) is 3. The predicted octanol–water partition coefficient (Wildman–Crippen LogP) is 3.27. The fourth-order valence-corrected chi connectivity index (χ4v) is 2.30. The molecule has 0 saturated carbocycles. The number of anilines is 1. The molecule has 2 aromatic carbocycles. The van der Waals surface area contributed by atoms with Gasteiger partial charge in [0.05, 0.1) is 21.3 Å². The molecule has 0 amide bonds. The van der Waals surface area contributed by atoms with E-state index < -0.39 is 0 Å². The topological polar surface area (TPSA) is 53.7 Å². The lowest BCUT2D eigenvalue weighted by Crippen LogP contribution is -1.98. The second-order valence-corrected chi connectivity index (χ2v) is 4.46. The number of benzene rings is 2. The van der Waals surface area contributed by atoms with Crippen LogP contribution in [0.5, 0.6) is 17.2 Å². The molecule has 2 aromatic rings. The van der Waals surface area contributed by atoms with Crippen molar-refractivity contribution in [3.63, 3.8) is 0 Å². The fourth-order valence-electron chi connectivity index (χ4n) is 2.30. The summed E-state index contributed by atoms with van der Waals surface area (Å²) in [6, 6.07) is 9.61. The second-order valence-electron chi connectivity index (χ2n) is 4.46. The molecule has 0 spiro atoms. The third kappa shape index (κ3) is 2.37. The van der Waals surface area contributed by atoms with Gasteiger partial charge >= 0.3 is 0 Å². The molecule has 0 fully saturated rings. The van der Waals surface area contributed by atoms with Gasteiger partial charge in [-0.3, -0.25) is 0 Å². The Balaban J connectivity index is 2.68. The van der Waals surface area contributed by atoms with Gasteiger partial charge in [-0.15, -0.1) is 0 Å². The average molecular weight is 273 g/mol. The number of hydrogen-bond donors (Lipinski definition) is 1.